The zero-order valence-electron chi connectivity index (χ0n) is 8.09. The van der Waals surface area contributed by atoms with Crippen LogP contribution in [0, 0.1) is 0 Å². The quantitative estimate of drug-likeness (QED) is 0.664. The van der Waals surface area contributed by atoms with E-state index in [0.717, 1.165) is 0 Å². The molecule has 0 aromatic carbocycles. The molecule has 0 unspecified atom stereocenters. The first-order valence-corrected chi connectivity index (χ1v) is 4.35. The van der Waals surface area contributed by atoms with E-state index in [4.69, 9.17) is 0 Å². The lowest BCUT2D eigenvalue weighted by Gasteiger charge is -1.68. The van der Waals surface area contributed by atoms with Gasteiger partial charge in [-0.2, -0.15) is 5.10 Å². The predicted molar refractivity (Wildman–Crippen MR) is 50.5 cm³/mol. The molecule has 0 atom stereocenters. The van der Waals surface area contributed by atoms with Crippen molar-refractivity contribution in [2.75, 3.05) is 0 Å². The Balaban J connectivity index is 0. The third-order valence-corrected chi connectivity index (χ3v) is 0.906. The van der Waals surface area contributed by atoms with Gasteiger partial charge in [0.15, 0.2) is 0 Å². The summed E-state index contributed by atoms with van der Waals surface area (Å²) in [4.78, 5) is 0. The van der Waals surface area contributed by atoms with Crippen LogP contribution < -0.4 is 0 Å². The number of aromatic amines is 1. The molecule has 1 rings (SSSR count). The number of hydrogen-bond acceptors (Lipinski definition) is 1. The van der Waals surface area contributed by atoms with Gasteiger partial charge in [0.2, 0.25) is 0 Å². The van der Waals surface area contributed by atoms with Crippen LogP contribution in [0.4, 0.5) is 0 Å². The van der Waals surface area contributed by atoms with Crippen molar-refractivity contribution in [3.8, 4) is 0 Å². The highest BCUT2D eigenvalue weighted by Gasteiger charge is 1.57. The Morgan fingerprint density at radius 3 is 1.82 bits per heavy atom. The van der Waals surface area contributed by atoms with Crippen molar-refractivity contribution in [2.24, 2.45) is 0 Å². The summed E-state index contributed by atoms with van der Waals surface area (Å²) in [6.07, 6.45) is 6.10. The lowest BCUT2D eigenvalue weighted by atomic mass is 10.4. The highest BCUT2D eigenvalue weighted by atomic mass is 15.1. The molecule has 0 aliphatic rings. The van der Waals surface area contributed by atoms with Crippen LogP contribution in [0.15, 0.2) is 18.5 Å². The lowest BCUT2D eigenvalue weighted by Crippen LogP contribution is -1.53. The van der Waals surface area contributed by atoms with E-state index in [1.165, 1.54) is 12.8 Å². The van der Waals surface area contributed by atoms with Crippen molar-refractivity contribution >= 4 is 0 Å². The minimum absolute atomic E-state index is 1.32. The fourth-order valence-electron chi connectivity index (χ4n) is 0.215. The number of nitrogens with one attached hydrogen (secondary N) is 1. The number of H-pyrrole nitrogens is 1. The summed E-state index contributed by atoms with van der Waals surface area (Å²) in [5.41, 5.74) is 0. The van der Waals surface area contributed by atoms with Gasteiger partial charge in [0.25, 0.3) is 0 Å². The Morgan fingerprint density at radius 2 is 1.73 bits per heavy atom. The number of aromatic nitrogens is 2. The number of nitrogens with zero attached hydrogens (tertiary/aromatic N) is 1. The van der Waals surface area contributed by atoms with Gasteiger partial charge in [-0.1, -0.05) is 40.5 Å². The molecule has 66 valence electrons. The first-order chi connectivity index (χ1) is 5.41. The molecule has 0 fully saturated rings. The van der Waals surface area contributed by atoms with E-state index in [9.17, 15) is 0 Å². The van der Waals surface area contributed by atoms with Crippen molar-refractivity contribution in [3.63, 3.8) is 0 Å². The smallest absolute Gasteiger partial charge is 0.0487 e. The van der Waals surface area contributed by atoms with E-state index in [1.54, 1.807) is 12.4 Å². The standard InChI is InChI=1S/C4H10.C3H4N2.C2H6/c1-3-4-2;1-2-4-5-3-1;1-2/h3-4H2,1-2H3;1-3H,(H,4,5);1-2H3. The Hall–Kier alpha value is -0.790. The van der Waals surface area contributed by atoms with Crippen LogP contribution in [0.1, 0.15) is 40.5 Å². The normalized spacial score (nSPS) is 6.91. The molecule has 1 aromatic rings. The van der Waals surface area contributed by atoms with Crippen molar-refractivity contribution in [2.45, 2.75) is 40.5 Å². The summed E-state index contributed by atoms with van der Waals surface area (Å²) < 4.78 is 0. The van der Waals surface area contributed by atoms with Gasteiger partial charge in [-0.25, -0.2) is 0 Å². The van der Waals surface area contributed by atoms with Crippen LogP contribution in [0.2, 0.25) is 0 Å². The molecular weight excluding hydrogens is 136 g/mol. The third kappa shape index (κ3) is 17.6. The van der Waals surface area contributed by atoms with Crippen molar-refractivity contribution in [3.05, 3.63) is 18.5 Å². The maximum absolute atomic E-state index is 3.60. The average molecular weight is 156 g/mol. The summed E-state index contributed by atoms with van der Waals surface area (Å²) in [5.74, 6) is 0. The van der Waals surface area contributed by atoms with Gasteiger partial charge in [-0.3, -0.25) is 5.10 Å². The van der Waals surface area contributed by atoms with Gasteiger partial charge in [0, 0.05) is 12.4 Å². The van der Waals surface area contributed by atoms with Crippen LogP contribution in [0.3, 0.4) is 0 Å². The van der Waals surface area contributed by atoms with Crippen molar-refractivity contribution in [1.82, 2.24) is 10.2 Å². The minimum atomic E-state index is 1.32. The summed E-state index contributed by atoms with van der Waals surface area (Å²) in [6, 6.07) is 1.83. The Morgan fingerprint density at radius 1 is 1.18 bits per heavy atom. The highest BCUT2D eigenvalue weighted by molar-refractivity contribution is 4.72. The van der Waals surface area contributed by atoms with E-state index in [2.05, 4.69) is 24.0 Å². The van der Waals surface area contributed by atoms with Crippen molar-refractivity contribution in [1.29, 1.82) is 0 Å². The van der Waals surface area contributed by atoms with Gasteiger partial charge in [0.05, 0.1) is 0 Å². The SMILES string of the molecule is CC.CCCC.c1cn[nH]c1. The molecule has 0 saturated heterocycles. The first-order valence-electron chi connectivity index (χ1n) is 4.35. The molecule has 0 aliphatic carbocycles. The predicted octanol–water partition coefficient (Wildman–Crippen LogP) is 3.24. The first kappa shape index (κ1) is 12.8. The molecule has 2 nitrogen and oxygen atoms in total. The maximum Gasteiger partial charge on any atom is 0.0487 e. The molecule has 0 aliphatic heterocycles. The zero-order valence-corrected chi connectivity index (χ0v) is 8.09. The molecule has 11 heavy (non-hydrogen) atoms. The second-order valence-corrected chi connectivity index (χ2v) is 1.77. The fraction of sp³-hybridized carbons (Fsp3) is 0.667. The van der Waals surface area contributed by atoms with Crippen LogP contribution in [0.5, 0.6) is 0 Å². The van der Waals surface area contributed by atoms with Gasteiger partial charge in [-0.15, -0.1) is 0 Å². The molecule has 0 spiro atoms. The number of hydrogen-bond donors (Lipinski definition) is 1. The molecule has 0 saturated carbocycles. The van der Waals surface area contributed by atoms with E-state index >= 15 is 0 Å². The van der Waals surface area contributed by atoms with E-state index in [1.807, 2.05) is 19.9 Å². The van der Waals surface area contributed by atoms with Crippen LogP contribution in [-0.4, -0.2) is 10.2 Å². The highest BCUT2D eigenvalue weighted by Crippen LogP contribution is 1.76. The van der Waals surface area contributed by atoms with Gasteiger partial charge in [0.1, 0.15) is 0 Å². The molecule has 1 aromatic heterocycles. The Labute approximate surface area is 70.0 Å². The van der Waals surface area contributed by atoms with Crippen LogP contribution >= 0.6 is 0 Å². The maximum atomic E-state index is 3.60. The Kier molecular flexibility index (Phi) is 18.8. The molecule has 2 heteroatoms. The molecule has 1 heterocycles. The fourth-order valence-corrected chi connectivity index (χ4v) is 0.215. The average Bonchev–Trinajstić information content (AvgIpc) is 2.65. The zero-order chi connectivity index (χ0) is 8.95. The molecule has 0 radical (unpaired) electrons. The molecule has 0 bridgehead atoms. The summed E-state index contributed by atoms with van der Waals surface area (Å²) in [6.45, 7) is 8.36. The summed E-state index contributed by atoms with van der Waals surface area (Å²) in [5, 5.41) is 6.21. The number of rotatable bonds is 1. The van der Waals surface area contributed by atoms with E-state index in [0.29, 0.717) is 0 Å². The van der Waals surface area contributed by atoms with Crippen LogP contribution in [0.25, 0.3) is 0 Å². The van der Waals surface area contributed by atoms with Gasteiger partial charge in [-0.05, 0) is 6.07 Å². The van der Waals surface area contributed by atoms with Crippen molar-refractivity contribution < 1.29 is 0 Å². The van der Waals surface area contributed by atoms with Gasteiger partial charge < -0.3 is 0 Å². The van der Waals surface area contributed by atoms with E-state index < -0.39 is 0 Å². The van der Waals surface area contributed by atoms with E-state index in [-0.39, 0.29) is 0 Å². The third-order valence-electron chi connectivity index (χ3n) is 0.906. The largest absolute Gasteiger partial charge is 0.286 e. The summed E-state index contributed by atoms with van der Waals surface area (Å²) in [7, 11) is 0. The number of unbranched alkanes of at least 4 members (excludes halogenated alkanes) is 1. The lowest BCUT2D eigenvalue weighted by molar-refractivity contribution is 0.886. The second-order valence-electron chi connectivity index (χ2n) is 1.77. The topological polar surface area (TPSA) is 28.7 Å². The molecular formula is C9H20N2. The van der Waals surface area contributed by atoms with Gasteiger partial charge >= 0.3 is 0 Å². The monoisotopic (exact) mass is 156 g/mol. The molecule has 0 amide bonds. The van der Waals surface area contributed by atoms with Crippen LogP contribution in [-0.2, 0) is 0 Å². The minimum Gasteiger partial charge on any atom is -0.286 e. The molecule has 1 N–H and O–H groups in total. The second kappa shape index (κ2) is 16.1. The summed E-state index contributed by atoms with van der Waals surface area (Å²) >= 11 is 0. The Bertz CT molecular complexity index is 83.1.